The zero-order valence-corrected chi connectivity index (χ0v) is 12.0. The molecule has 0 aliphatic carbocycles. The van der Waals surface area contributed by atoms with Crippen LogP contribution in [0.5, 0.6) is 0 Å². The molecule has 4 nitrogen and oxygen atoms in total. The van der Waals surface area contributed by atoms with Crippen LogP contribution in [0, 0.1) is 0 Å². The molecule has 2 bridgehead atoms. The van der Waals surface area contributed by atoms with Crippen molar-refractivity contribution in [1.82, 2.24) is 15.1 Å². The second kappa shape index (κ2) is 7.43. The number of likely N-dealkylation sites (tertiary alicyclic amines) is 1. The Balaban J connectivity index is 1.59. The van der Waals surface area contributed by atoms with Gasteiger partial charge in [-0.05, 0) is 52.4 Å². The van der Waals surface area contributed by atoms with Gasteiger partial charge in [0.05, 0.1) is 6.61 Å². The van der Waals surface area contributed by atoms with Crippen molar-refractivity contribution >= 4 is 0 Å². The summed E-state index contributed by atoms with van der Waals surface area (Å²) in [6, 6.07) is 1.68. The largest absolute Gasteiger partial charge is 0.383 e. The summed E-state index contributed by atoms with van der Waals surface area (Å²) in [6.07, 6.45) is 5.45. The van der Waals surface area contributed by atoms with Gasteiger partial charge in [-0.25, -0.2) is 0 Å². The van der Waals surface area contributed by atoms with Gasteiger partial charge in [0.15, 0.2) is 0 Å². The highest BCUT2D eigenvalue weighted by Crippen LogP contribution is 2.28. The Morgan fingerprint density at radius 2 is 2.00 bits per heavy atom. The lowest BCUT2D eigenvalue weighted by molar-refractivity contribution is 0.197. The van der Waals surface area contributed by atoms with Crippen molar-refractivity contribution in [3.05, 3.63) is 0 Å². The summed E-state index contributed by atoms with van der Waals surface area (Å²) in [7, 11) is 4.07. The first-order chi connectivity index (χ1) is 8.81. The van der Waals surface area contributed by atoms with E-state index >= 15 is 0 Å². The Morgan fingerprint density at radius 3 is 2.83 bits per heavy atom. The van der Waals surface area contributed by atoms with Gasteiger partial charge in [-0.15, -0.1) is 0 Å². The maximum absolute atomic E-state index is 5.02. The molecule has 2 unspecified atom stereocenters. The van der Waals surface area contributed by atoms with Crippen LogP contribution in [-0.2, 0) is 4.74 Å². The number of fused-ring (bicyclic) bond motifs is 2. The molecule has 0 aromatic rings. The third kappa shape index (κ3) is 3.92. The van der Waals surface area contributed by atoms with Gasteiger partial charge in [-0.3, -0.25) is 4.90 Å². The van der Waals surface area contributed by atoms with Gasteiger partial charge in [-0.1, -0.05) is 0 Å². The Labute approximate surface area is 112 Å². The number of nitrogens with zero attached hydrogens (tertiary/aromatic N) is 2. The van der Waals surface area contributed by atoms with Crippen molar-refractivity contribution in [2.75, 3.05) is 53.5 Å². The van der Waals surface area contributed by atoms with E-state index in [1.165, 1.54) is 45.3 Å². The molecule has 0 amide bonds. The van der Waals surface area contributed by atoms with Crippen molar-refractivity contribution in [1.29, 1.82) is 0 Å². The van der Waals surface area contributed by atoms with E-state index in [1.807, 2.05) is 0 Å². The molecule has 2 atom stereocenters. The first-order valence-electron chi connectivity index (χ1n) is 7.45. The van der Waals surface area contributed by atoms with Crippen LogP contribution in [0.25, 0.3) is 0 Å². The van der Waals surface area contributed by atoms with Crippen LogP contribution in [-0.4, -0.2) is 75.4 Å². The molecule has 1 N–H and O–H groups in total. The molecule has 2 saturated heterocycles. The maximum Gasteiger partial charge on any atom is 0.0587 e. The molecule has 2 aliphatic heterocycles. The first kappa shape index (κ1) is 14.3. The Kier molecular flexibility index (Phi) is 5.89. The molecular formula is C14H29N3O. The molecule has 0 saturated carbocycles. The Morgan fingerprint density at radius 1 is 1.17 bits per heavy atom. The molecule has 2 heterocycles. The van der Waals surface area contributed by atoms with Crippen LogP contribution in [0.3, 0.4) is 0 Å². The van der Waals surface area contributed by atoms with E-state index in [0.29, 0.717) is 0 Å². The summed E-state index contributed by atoms with van der Waals surface area (Å²) >= 11 is 0. The second-order valence-electron chi connectivity index (χ2n) is 5.74. The quantitative estimate of drug-likeness (QED) is 0.681. The van der Waals surface area contributed by atoms with E-state index in [0.717, 1.165) is 31.8 Å². The highest BCUT2D eigenvalue weighted by atomic mass is 16.5. The highest BCUT2D eigenvalue weighted by Gasteiger charge is 2.34. The summed E-state index contributed by atoms with van der Waals surface area (Å²) in [5.41, 5.74) is 0. The molecule has 0 aromatic carbocycles. The second-order valence-corrected chi connectivity index (χ2v) is 5.74. The average molecular weight is 255 g/mol. The summed E-state index contributed by atoms with van der Waals surface area (Å²) < 4.78 is 5.02. The monoisotopic (exact) mass is 255 g/mol. The van der Waals surface area contributed by atoms with E-state index in [9.17, 15) is 0 Å². The lowest BCUT2D eigenvalue weighted by atomic mass is 10.1. The Bertz CT molecular complexity index is 237. The maximum atomic E-state index is 5.02. The molecule has 2 aliphatic rings. The number of ether oxygens (including phenoxy) is 1. The predicted octanol–water partition coefficient (Wildman–Crippen LogP) is 0.781. The normalized spacial score (nSPS) is 29.7. The molecule has 2 rings (SSSR count). The van der Waals surface area contributed by atoms with Crippen LogP contribution in [0.4, 0.5) is 0 Å². The first-order valence-corrected chi connectivity index (χ1v) is 7.45. The summed E-state index contributed by atoms with van der Waals surface area (Å²) in [5, 5.41) is 3.42. The predicted molar refractivity (Wildman–Crippen MR) is 75.0 cm³/mol. The third-order valence-electron chi connectivity index (χ3n) is 4.54. The molecule has 4 heteroatoms. The summed E-state index contributed by atoms with van der Waals surface area (Å²) in [4.78, 5) is 5.29. The molecule has 106 valence electrons. The zero-order valence-electron chi connectivity index (χ0n) is 12.0. The van der Waals surface area contributed by atoms with Gasteiger partial charge in [0.2, 0.25) is 0 Å². The van der Waals surface area contributed by atoms with Crippen LogP contribution in [0.1, 0.15) is 25.7 Å². The van der Waals surface area contributed by atoms with Crippen molar-refractivity contribution < 1.29 is 4.74 Å². The van der Waals surface area contributed by atoms with Gasteiger partial charge < -0.3 is 15.0 Å². The smallest absolute Gasteiger partial charge is 0.0587 e. The van der Waals surface area contributed by atoms with E-state index in [4.69, 9.17) is 4.74 Å². The molecule has 0 radical (unpaired) electrons. The van der Waals surface area contributed by atoms with E-state index in [-0.39, 0.29) is 0 Å². The van der Waals surface area contributed by atoms with Crippen molar-refractivity contribution in [3.63, 3.8) is 0 Å². The lowest BCUT2D eigenvalue weighted by Crippen LogP contribution is -2.37. The van der Waals surface area contributed by atoms with Crippen molar-refractivity contribution in [2.24, 2.45) is 0 Å². The number of methoxy groups -OCH3 is 1. The minimum atomic E-state index is 0.818. The van der Waals surface area contributed by atoms with Gasteiger partial charge in [0, 0.05) is 32.3 Å². The number of likely N-dealkylation sites (N-methyl/N-ethyl adjacent to an activating group) is 1. The highest BCUT2D eigenvalue weighted by molar-refractivity contribution is 4.90. The van der Waals surface area contributed by atoms with Crippen molar-refractivity contribution in [3.8, 4) is 0 Å². The topological polar surface area (TPSA) is 27.7 Å². The van der Waals surface area contributed by atoms with Crippen molar-refractivity contribution in [2.45, 2.75) is 37.8 Å². The molecular weight excluding hydrogens is 226 g/mol. The van der Waals surface area contributed by atoms with E-state index in [2.05, 4.69) is 22.2 Å². The standard InChI is InChI=1S/C14H29N3O/c1-16-13-4-5-14(16)12-17(10-6-13)9-3-7-15-8-11-18-2/h13-15H,3-12H2,1-2H3. The summed E-state index contributed by atoms with van der Waals surface area (Å²) in [6.45, 7) is 6.73. The van der Waals surface area contributed by atoms with Crippen LogP contribution >= 0.6 is 0 Å². The lowest BCUT2D eigenvalue weighted by Gasteiger charge is -2.25. The average Bonchev–Trinajstić information content (AvgIpc) is 2.61. The fourth-order valence-corrected chi connectivity index (χ4v) is 3.31. The number of rotatable bonds is 7. The molecule has 0 spiro atoms. The van der Waals surface area contributed by atoms with E-state index in [1.54, 1.807) is 7.11 Å². The van der Waals surface area contributed by atoms with Crippen LogP contribution in [0.2, 0.25) is 0 Å². The SMILES string of the molecule is COCCNCCCN1CCC2CCC(C1)N2C. The number of hydrogen-bond acceptors (Lipinski definition) is 4. The fourth-order valence-electron chi connectivity index (χ4n) is 3.31. The molecule has 0 aromatic heterocycles. The third-order valence-corrected chi connectivity index (χ3v) is 4.54. The number of hydrogen-bond donors (Lipinski definition) is 1. The van der Waals surface area contributed by atoms with Gasteiger partial charge >= 0.3 is 0 Å². The molecule has 18 heavy (non-hydrogen) atoms. The van der Waals surface area contributed by atoms with Gasteiger partial charge in [-0.2, -0.15) is 0 Å². The minimum Gasteiger partial charge on any atom is -0.383 e. The zero-order chi connectivity index (χ0) is 12.8. The van der Waals surface area contributed by atoms with Gasteiger partial charge in [0.1, 0.15) is 0 Å². The summed E-state index contributed by atoms with van der Waals surface area (Å²) in [5.74, 6) is 0. The van der Waals surface area contributed by atoms with Crippen LogP contribution in [0.15, 0.2) is 0 Å². The molecule has 2 fully saturated rings. The van der Waals surface area contributed by atoms with Gasteiger partial charge in [0.25, 0.3) is 0 Å². The van der Waals surface area contributed by atoms with E-state index < -0.39 is 0 Å². The van der Waals surface area contributed by atoms with Crippen LogP contribution < -0.4 is 5.32 Å². The minimum absolute atomic E-state index is 0.818. The fraction of sp³-hybridized carbons (Fsp3) is 1.00. The number of nitrogens with one attached hydrogen (secondary N) is 1. The Hall–Kier alpha value is -0.160.